The quantitative estimate of drug-likeness (QED) is 0.488. The van der Waals surface area contributed by atoms with Gasteiger partial charge in [0.15, 0.2) is 0 Å². The number of aryl methyl sites for hydroxylation is 1. The largest absolute Gasteiger partial charge is 0.256 e. The van der Waals surface area contributed by atoms with Gasteiger partial charge in [0.1, 0.15) is 6.07 Å². The van der Waals surface area contributed by atoms with Crippen molar-refractivity contribution in [2.45, 2.75) is 17.6 Å². The Labute approximate surface area is 156 Å². The first-order valence-corrected chi connectivity index (χ1v) is 9.27. The Hall–Kier alpha value is -3.10. The van der Waals surface area contributed by atoms with Gasteiger partial charge in [-0.05, 0) is 31.2 Å². The van der Waals surface area contributed by atoms with E-state index >= 15 is 0 Å². The highest BCUT2D eigenvalue weighted by Gasteiger charge is 2.17. The first-order valence-electron chi connectivity index (χ1n) is 8.28. The van der Waals surface area contributed by atoms with Crippen LogP contribution >= 0.6 is 11.8 Å². The maximum absolute atomic E-state index is 9.61. The fourth-order valence-corrected chi connectivity index (χ4v) is 4.02. The molecule has 0 amide bonds. The Balaban J connectivity index is 1.73. The van der Waals surface area contributed by atoms with Gasteiger partial charge in [-0.1, -0.05) is 36.4 Å². The third kappa shape index (κ3) is 2.96. The molecule has 126 valence electrons. The van der Waals surface area contributed by atoms with E-state index in [9.17, 15) is 5.26 Å². The van der Waals surface area contributed by atoms with Crippen molar-refractivity contribution < 1.29 is 0 Å². The molecule has 4 aromatic rings. The summed E-state index contributed by atoms with van der Waals surface area (Å²) in [6, 6.07) is 22.4. The Bertz CT molecular complexity index is 1100. The topological polar surface area (TPSA) is 54.5 Å². The lowest BCUT2D eigenvalue weighted by molar-refractivity contribution is 0.829. The summed E-state index contributed by atoms with van der Waals surface area (Å²) in [5, 5.41) is 15.3. The summed E-state index contributed by atoms with van der Waals surface area (Å²) in [6.07, 6.45) is 1.83. The highest BCUT2D eigenvalue weighted by atomic mass is 32.2. The van der Waals surface area contributed by atoms with E-state index < -0.39 is 0 Å². The van der Waals surface area contributed by atoms with E-state index in [-0.39, 0.29) is 0 Å². The van der Waals surface area contributed by atoms with Crippen LogP contribution in [0.25, 0.3) is 16.6 Å². The number of hydrogen-bond donors (Lipinski definition) is 0. The molecule has 0 saturated carbocycles. The van der Waals surface area contributed by atoms with E-state index in [1.807, 2.05) is 72.4 Å². The molecule has 2 heterocycles. The summed E-state index contributed by atoms with van der Waals surface area (Å²) in [5.41, 5.74) is 4.27. The number of nitrogens with zero attached hydrogens (tertiary/aromatic N) is 4. The number of fused-ring (bicyclic) bond motifs is 1. The number of aromatic nitrogens is 3. The molecule has 0 spiro atoms. The minimum atomic E-state index is 0.653. The average molecular weight is 356 g/mol. The zero-order valence-corrected chi connectivity index (χ0v) is 15.1. The van der Waals surface area contributed by atoms with Crippen LogP contribution in [0.15, 0.2) is 71.8 Å². The molecule has 0 aliphatic heterocycles. The number of nitriles is 1. The second-order valence-electron chi connectivity index (χ2n) is 5.88. The van der Waals surface area contributed by atoms with Crippen LogP contribution in [-0.2, 0) is 5.75 Å². The molecule has 0 fully saturated rings. The van der Waals surface area contributed by atoms with E-state index in [0.717, 1.165) is 32.9 Å². The highest BCUT2D eigenvalue weighted by molar-refractivity contribution is 7.98. The molecule has 0 atom stereocenters. The Morgan fingerprint density at radius 2 is 1.81 bits per heavy atom. The number of thioether (sulfide) groups is 1. The number of hydrogen-bond acceptors (Lipinski definition) is 4. The predicted molar refractivity (Wildman–Crippen MR) is 104 cm³/mol. The van der Waals surface area contributed by atoms with Gasteiger partial charge in [-0.2, -0.15) is 10.4 Å². The van der Waals surface area contributed by atoms with E-state index in [4.69, 9.17) is 0 Å². The molecule has 0 radical (unpaired) electrons. The summed E-state index contributed by atoms with van der Waals surface area (Å²) < 4.78 is 1.88. The van der Waals surface area contributed by atoms with Crippen LogP contribution in [-0.4, -0.2) is 14.8 Å². The molecule has 0 aliphatic rings. The lowest BCUT2D eigenvalue weighted by Crippen LogP contribution is -2.02. The van der Waals surface area contributed by atoms with Crippen molar-refractivity contribution >= 4 is 22.7 Å². The summed E-state index contributed by atoms with van der Waals surface area (Å²) >= 11 is 1.70. The maximum Gasteiger partial charge on any atom is 0.103 e. The van der Waals surface area contributed by atoms with Crippen LogP contribution in [0.2, 0.25) is 0 Å². The lowest BCUT2D eigenvalue weighted by Gasteiger charge is -2.09. The summed E-state index contributed by atoms with van der Waals surface area (Å²) in [6.45, 7) is 1.88. The van der Waals surface area contributed by atoms with Gasteiger partial charge < -0.3 is 0 Å². The van der Waals surface area contributed by atoms with Gasteiger partial charge in [-0.15, -0.1) is 11.8 Å². The molecule has 0 N–H and O–H groups in total. The SMILES string of the molecule is Cc1nn(-c2ccccc2)c(CSc2ccnc3ccccc23)c1C#N. The highest BCUT2D eigenvalue weighted by Crippen LogP contribution is 2.31. The van der Waals surface area contributed by atoms with E-state index in [1.54, 1.807) is 11.8 Å². The molecule has 4 rings (SSSR count). The average Bonchev–Trinajstić information content (AvgIpc) is 3.02. The molecule has 0 unspecified atom stereocenters. The van der Waals surface area contributed by atoms with Crippen molar-refractivity contribution in [1.29, 1.82) is 5.26 Å². The van der Waals surface area contributed by atoms with Gasteiger partial charge in [0.25, 0.3) is 0 Å². The zero-order valence-electron chi connectivity index (χ0n) is 14.3. The van der Waals surface area contributed by atoms with Crippen molar-refractivity contribution in [3.8, 4) is 11.8 Å². The Morgan fingerprint density at radius 3 is 2.62 bits per heavy atom. The maximum atomic E-state index is 9.61. The number of benzene rings is 2. The normalized spacial score (nSPS) is 10.8. The summed E-state index contributed by atoms with van der Waals surface area (Å²) in [5.74, 6) is 0.659. The molecule has 2 aromatic carbocycles. The van der Waals surface area contributed by atoms with Crippen molar-refractivity contribution in [3.63, 3.8) is 0 Å². The van der Waals surface area contributed by atoms with Crippen LogP contribution in [0.5, 0.6) is 0 Å². The van der Waals surface area contributed by atoms with Gasteiger partial charge >= 0.3 is 0 Å². The Morgan fingerprint density at radius 1 is 1.04 bits per heavy atom. The zero-order chi connectivity index (χ0) is 17.9. The summed E-state index contributed by atoms with van der Waals surface area (Å²) in [4.78, 5) is 5.57. The minimum absolute atomic E-state index is 0.653. The Kier molecular flexibility index (Phi) is 4.42. The fraction of sp³-hybridized carbons (Fsp3) is 0.0952. The van der Waals surface area contributed by atoms with Crippen molar-refractivity contribution in [2.75, 3.05) is 0 Å². The number of para-hydroxylation sites is 2. The first-order chi connectivity index (χ1) is 12.8. The molecule has 0 saturated heterocycles. The molecule has 0 aliphatic carbocycles. The lowest BCUT2D eigenvalue weighted by atomic mass is 10.2. The van der Waals surface area contributed by atoms with Crippen LogP contribution in [0.1, 0.15) is 17.0 Å². The van der Waals surface area contributed by atoms with Crippen molar-refractivity contribution in [1.82, 2.24) is 14.8 Å². The van der Waals surface area contributed by atoms with Crippen LogP contribution in [0.3, 0.4) is 0 Å². The van der Waals surface area contributed by atoms with E-state index in [2.05, 4.69) is 22.2 Å². The van der Waals surface area contributed by atoms with Crippen LogP contribution in [0, 0.1) is 18.3 Å². The van der Waals surface area contributed by atoms with Gasteiger partial charge in [0.05, 0.1) is 28.2 Å². The first kappa shape index (κ1) is 16.4. The molecule has 2 aromatic heterocycles. The van der Waals surface area contributed by atoms with Crippen LogP contribution < -0.4 is 0 Å². The third-order valence-corrected chi connectivity index (χ3v) is 5.33. The predicted octanol–water partition coefficient (Wildman–Crippen LogP) is 4.89. The van der Waals surface area contributed by atoms with Gasteiger partial charge in [0.2, 0.25) is 0 Å². The monoisotopic (exact) mass is 356 g/mol. The fourth-order valence-electron chi connectivity index (χ4n) is 2.98. The standard InChI is InChI=1S/C21H16N4S/c1-15-18(13-22)20(25(24-15)16-7-3-2-4-8-16)14-26-21-11-12-23-19-10-6-5-9-17(19)21/h2-12H,14H2,1H3. The third-order valence-electron chi connectivity index (χ3n) is 4.24. The summed E-state index contributed by atoms with van der Waals surface area (Å²) in [7, 11) is 0. The van der Waals surface area contributed by atoms with Gasteiger partial charge in [0, 0.05) is 22.2 Å². The minimum Gasteiger partial charge on any atom is -0.256 e. The van der Waals surface area contributed by atoms with E-state index in [1.165, 1.54) is 0 Å². The van der Waals surface area contributed by atoms with Gasteiger partial charge in [-0.25, -0.2) is 4.68 Å². The number of pyridine rings is 1. The van der Waals surface area contributed by atoms with Crippen molar-refractivity contribution in [3.05, 3.63) is 83.8 Å². The molecule has 0 bridgehead atoms. The molecular formula is C21H16N4S. The molecule has 26 heavy (non-hydrogen) atoms. The van der Waals surface area contributed by atoms with Gasteiger partial charge in [-0.3, -0.25) is 4.98 Å². The number of rotatable bonds is 4. The molecule has 5 heteroatoms. The molecule has 4 nitrogen and oxygen atoms in total. The molecular weight excluding hydrogens is 340 g/mol. The second kappa shape index (κ2) is 7.03. The van der Waals surface area contributed by atoms with Crippen LogP contribution in [0.4, 0.5) is 0 Å². The van der Waals surface area contributed by atoms with Crippen molar-refractivity contribution in [2.24, 2.45) is 0 Å². The van der Waals surface area contributed by atoms with E-state index in [0.29, 0.717) is 11.3 Å². The second-order valence-corrected chi connectivity index (χ2v) is 6.90. The smallest absolute Gasteiger partial charge is 0.103 e.